The van der Waals surface area contributed by atoms with Crippen molar-refractivity contribution < 1.29 is 42.1 Å². The number of nitrogens with two attached hydrogens (primary N) is 1. The Morgan fingerprint density at radius 3 is 2.73 bits per heavy atom. The van der Waals surface area contributed by atoms with E-state index in [2.05, 4.69) is 20.0 Å². The van der Waals surface area contributed by atoms with Gasteiger partial charge in [0, 0.05) is 19.2 Å². The number of nitrogens with one attached hydrogen (secondary N) is 1. The molecule has 3 heterocycles. The summed E-state index contributed by atoms with van der Waals surface area (Å²) in [4.78, 5) is 25.0. The Labute approximate surface area is 237 Å². The number of aromatic nitrogens is 4. The monoisotopic (exact) mass is 594 g/mol. The van der Waals surface area contributed by atoms with E-state index in [-0.39, 0.29) is 37.2 Å². The standard InChI is InChI=1S/C25H35N6O9P/c1-6-35-24-22-23(29-25(26)30-24)31(13-27-22)16(4)9-18(34-5)12-38-41(33,28-11-21(32)39-15(2)3)40-17-7-8-19-20(10-17)37-14-36-19/h7-8,10,13,15-16,18H,6,9,11-12,14H2,1-5H3,(H,28,33)(H2,26,29,30). The second-order valence-electron chi connectivity index (χ2n) is 9.36. The fraction of sp³-hybridized carbons (Fsp3) is 0.520. The molecule has 3 atom stereocenters. The summed E-state index contributed by atoms with van der Waals surface area (Å²) in [6, 6.07) is 4.51. The third kappa shape index (κ3) is 7.76. The topological polar surface area (TPSA) is 180 Å². The first-order valence-electron chi connectivity index (χ1n) is 13.0. The number of fused-ring (bicyclic) bond motifs is 2. The van der Waals surface area contributed by atoms with E-state index in [4.69, 9.17) is 38.5 Å². The lowest BCUT2D eigenvalue weighted by Gasteiger charge is -2.24. The number of rotatable bonds is 15. The number of benzene rings is 1. The molecule has 1 aliphatic heterocycles. The molecule has 0 spiro atoms. The Hall–Kier alpha value is -3.65. The molecule has 16 heteroatoms. The zero-order chi connectivity index (χ0) is 29.6. The number of carbonyl (C=O) groups excluding carboxylic acids is 1. The van der Waals surface area contributed by atoms with Gasteiger partial charge in [0.2, 0.25) is 18.6 Å². The van der Waals surface area contributed by atoms with Crippen LogP contribution in [-0.4, -0.2) is 71.4 Å². The van der Waals surface area contributed by atoms with E-state index in [0.29, 0.717) is 41.6 Å². The fourth-order valence-electron chi connectivity index (χ4n) is 4.02. The van der Waals surface area contributed by atoms with Crippen molar-refractivity contribution in [3.8, 4) is 23.1 Å². The van der Waals surface area contributed by atoms with Gasteiger partial charge in [-0.1, -0.05) is 0 Å². The van der Waals surface area contributed by atoms with Gasteiger partial charge in [-0.3, -0.25) is 9.32 Å². The fourth-order valence-corrected chi connectivity index (χ4v) is 5.30. The van der Waals surface area contributed by atoms with Gasteiger partial charge in [-0.15, -0.1) is 0 Å². The Balaban J connectivity index is 1.47. The van der Waals surface area contributed by atoms with Crippen LogP contribution in [0.4, 0.5) is 5.95 Å². The summed E-state index contributed by atoms with van der Waals surface area (Å²) < 4.78 is 54.1. The molecule has 0 amide bonds. The molecular formula is C25H35N6O9P. The van der Waals surface area contributed by atoms with Crippen LogP contribution in [-0.2, 0) is 23.4 Å². The number of imidazole rings is 1. The summed E-state index contributed by atoms with van der Waals surface area (Å²) in [5.74, 6) is 0.900. The summed E-state index contributed by atoms with van der Waals surface area (Å²) in [5.41, 5.74) is 6.88. The highest BCUT2D eigenvalue weighted by atomic mass is 31.2. The smallest absolute Gasteiger partial charge is 0.459 e. The molecule has 0 saturated carbocycles. The van der Waals surface area contributed by atoms with Crippen molar-refractivity contribution in [2.45, 2.75) is 52.4 Å². The number of anilines is 1. The van der Waals surface area contributed by atoms with Crippen LogP contribution in [0.5, 0.6) is 23.1 Å². The minimum absolute atomic E-state index is 0.0604. The molecule has 15 nitrogen and oxygen atoms in total. The van der Waals surface area contributed by atoms with E-state index < -0.39 is 26.4 Å². The number of methoxy groups -OCH3 is 1. The second-order valence-corrected chi connectivity index (χ2v) is 11.1. The van der Waals surface area contributed by atoms with Crippen molar-refractivity contribution >= 4 is 30.8 Å². The first-order chi connectivity index (χ1) is 19.6. The summed E-state index contributed by atoms with van der Waals surface area (Å²) in [6.07, 6.45) is 1.15. The predicted octanol–water partition coefficient (Wildman–Crippen LogP) is 3.25. The van der Waals surface area contributed by atoms with Crippen molar-refractivity contribution in [1.82, 2.24) is 24.6 Å². The summed E-state index contributed by atoms with van der Waals surface area (Å²) in [7, 11) is -2.58. The van der Waals surface area contributed by atoms with Gasteiger partial charge in [0.05, 0.1) is 31.7 Å². The molecule has 1 aliphatic rings. The minimum Gasteiger partial charge on any atom is -0.476 e. The molecule has 3 unspecified atom stereocenters. The maximum Gasteiger partial charge on any atom is 0.459 e. The van der Waals surface area contributed by atoms with E-state index in [1.165, 1.54) is 13.2 Å². The summed E-state index contributed by atoms with van der Waals surface area (Å²) >= 11 is 0. The van der Waals surface area contributed by atoms with Gasteiger partial charge < -0.3 is 38.5 Å². The summed E-state index contributed by atoms with van der Waals surface area (Å²) in [5, 5.41) is 2.58. The van der Waals surface area contributed by atoms with Crippen LogP contribution < -0.4 is 29.6 Å². The van der Waals surface area contributed by atoms with Gasteiger partial charge >= 0.3 is 13.7 Å². The number of hydrogen-bond acceptors (Lipinski definition) is 13. The van der Waals surface area contributed by atoms with Crippen molar-refractivity contribution in [2.24, 2.45) is 0 Å². The average molecular weight is 595 g/mol. The molecule has 0 fully saturated rings. The van der Waals surface area contributed by atoms with Crippen LogP contribution >= 0.6 is 7.75 Å². The van der Waals surface area contributed by atoms with Crippen LogP contribution in [0.3, 0.4) is 0 Å². The molecule has 3 aromatic rings. The number of nitrogen functional groups attached to an aromatic ring is 1. The van der Waals surface area contributed by atoms with Crippen LogP contribution in [0, 0.1) is 0 Å². The van der Waals surface area contributed by atoms with E-state index >= 15 is 0 Å². The Morgan fingerprint density at radius 1 is 1.22 bits per heavy atom. The molecule has 0 aliphatic carbocycles. The van der Waals surface area contributed by atoms with Crippen LogP contribution in [0.2, 0.25) is 0 Å². The van der Waals surface area contributed by atoms with Gasteiger partial charge in [-0.25, -0.2) is 14.6 Å². The first-order valence-corrected chi connectivity index (χ1v) is 14.6. The molecule has 0 bridgehead atoms. The van der Waals surface area contributed by atoms with E-state index in [1.807, 2.05) is 18.4 Å². The van der Waals surface area contributed by atoms with Gasteiger partial charge in [0.15, 0.2) is 22.7 Å². The number of hydrogen-bond donors (Lipinski definition) is 2. The van der Waals surface area contributed by atoms with Gasteiger partial charge in [0.25, 0.3) is 0 Å². The highest BCUT2D eigenvalue weighted by Gasteiger charge is 2.31. The molecule has 4 rings (SSSR count). The van der Waals surface area contributed by atoms with Crippen LogP contribution in [0.25, 0.3) is 11.2 Å². The Bertz CT molecular complexity index is 1400. The molecule has 224 valence electrons. The lowest BCUT2D eigenvalue weighted by Crippen LogP contribution is -2.29. The van der Waals surface area contributed by atoms with Crippen molar-refractivity contribution in [3.63, 3.8) is 0 Å². The lowest BCUT2D eigenvalue weighted by molar-refractivity contribution is -0.145. The molecule has 0 saturated heterocycles. The number of esters is 1. The SMILES string of the molecule is CCOc1nc(N)nc2c1ncn2C(C)CC(COP(=O)(NCC(=O)OC(C)C)Oc1ccc2c(c1)OCO2)OC. The van der Waals surface area contributed by atoms with E-state index in [0.717, 1.165) is 0 Å². The minimum atomic E-state index is -4.09. The second kappa shape index (κ2) is 13.3. The van der Waals surface area contributed by atoms with Gasteiger partial charge in [0.1, 0.15) is 12.3 Å². The zero-order valence-corrected chi connectivity index (χ0v) is 24.5. The van der Waals surface area contributed by atoms with Crippen molar-refractivity contribution in [1.29, 1.82) is 0 Å². The van der Waals surface area contributed by atoms with Gasteiger partial charge in [-0.05, 0) is 46.2 Å². The molecule has 0 radical (unpaired) electrons. The zero-order valence-electron chi connectivity index (χ0n) is 23.6. The maximum atomic E-state index is 13.8. The number of carbonyl (C=O) groups is 1. The normalized spacial score (nSPS) is 15.5. The molecule has 3 N–H and O–H groups in total. The highest BCUT2D eigenvalue weighted by molar-refractivity contribution is 7.52. The number of nitrogens with zero attached hydrogens (tertiary/aromatic N) is 4. The van der Waals surface area contributed by atoms with Crippen molar-refractivity contribution in [2.75, 3.05) is 39.4 Å². The average Bonchev–Trinajstić information content (AvgIpc) is 3.56. The van der Waals surface area contributed by atoms with Crippen molar-refractivity contribution in [3.05, 3.63) is 24.5 Å². The van der Waals surface area contributed by atoms with Gasteiger partial charge in [-0.2, -0.15) is 9.97 Å². The predicted molar refractivity (Wildman–Crippen MR) is 147 cm³/mol. The largest absolute Gasteiger partial charge is 0.476 e. The quantitative estimate of drug-likeness (QED) is 0.193. The first kappa shape index (κ1) is 30.3. The third-order valence-corrected chi connectivity index (χ3v) is 7.37. The molecule has 41 heavy (non-hydrogen) atoms. The maximum absolute atomic E-state index is 13.8. The molecular weight excluding hydrogens is 559 g/mol. The van der Waals surface area contributed by atoms with E-state index in [1.54, 1.807) is 32.3 Å². The number of ether oxygens (including phenoxy) is 5. The van der Waals surface area contributed by atoms with Crippen LogP contribution in [0.15, 0.2) is 24.5 Å². The molecule has 2 aromatic heterocycles. The Morgan fingerprint density at radius 2 is 2.00 bits per heavy atom. The highest BCUT2D eigenvalue weighted by Crippen LogP contribution is 2.47. The van der Waals surface area contributed by atoms with Crippen LogP contribution in [0.1, 0.15) is 40.2 Å². The molecule has 1 aromatic carbocycles. The Kier molecular flexibility index (Phi) is 9.86. The summed E-state index contributed by atoms with van der Waals surface area (Å²) in [6.45, 7) is 7.12. The third-order valence-electron chi connectivity index (χ3n) is 5.88. The lowest BCUT2D eigenvalue weighted by atomic mass is 10.1. The van der Waals surface area contributed by atoms with E-state index in [9.17, 15) is 9.36 Å².